The molecule has 0 aliphatic rings. The van der Waals surface area contributed by atoms with E-state index in [1.165, 1.54) is 12.1 Å². The number of para-hydroxylation sites is 1. The van der Waals surface area contributed by atoms with E-state index >= 15 is 0 Å². The predicted octanol–water partition coefficient (Wildman–Crippen LogP) is 4.38. The Labute approximate surface area is 168 Å². The Balaban J connectivity index is 1.41. The molecule has 0 spiro atoms. The van der Waals surface area contributed by atoms with Gasteiger partial charge in [-0.05, 0) is 30.3 Å². The minimum atomic E-state index is -4.70. The molecule has 0 saturated heterocycles. The predicted molar refractivity (Wildman–Crippen MR) is 102 cm³/mol. The molecule has 0 aliphatic carbocycles. The van der Waals surface area contributed by atoms with Gasteiger partial charge in [-0.15, -0.1) is 0 Å². The standard InChI is InChI=1S/C20H16F3N5O2/c1-12(11-28-16-5-3-2-4-14(16)10-24-28)18(29)25-15-8-6-13(7-9-15)17-26-19(30-27-17)20(21,22)23/h2-10,12H,11H2,1H3,(H,25,29). The number of aromatic nitrogens is 4. The van der Waals surface area contributed by atoms with E-state index in [0.717, 1.165) is 10.9 Å². The molecule has 2 aromatic carbocycles. The largest absolute Gasteiger partial charge is 0.471 e. The van der Waals surface area contributed by atoms with Crippen LogP contribution in [0.5, 0.6) is 0 Å². The number of rotatable bonds is 5. The van der Waals surface area contributed by atoms with Gasteiger partial charge < -0.3 is 9.84 Å². The zero-order valence-electron chi connectivity index (χ0n) is 15.7. The summed E-state index contributed by atoms with van der Waals surface area (Å²) in [5, 5.41) is 11.4. The van der Waals surface area contributed by atoms with Crippen molar-refractivity contribution in [3.63, 3.8) is 0 Å². The van der Waals surface area contributed by atoms with Crippen LogP contribution in [0.1, 0.15) is 12.8 Å². The van der Waals surface area contributed by atoms with Crippen molar-refractivity contribution in [1.29, 1.82) is 0 Å². The Kier molecular flexibility index (Phi) is 4.98. The number of halogens is 3. The lowest BCUT2D eigenvalue weighted by Gasteiger charge is -2.13. The van der Waals surface area contributed by atoms with Gasteiger partial charge in [0.1, 0.15) is 0 Å². The second kappa shape index (κ2) is 7.62. The average Bonchev–Trinajstić information content (AvgIpc) is 3.36. The number of alkyl halides is 3. The summed E-state index contributed by atoms with van der Waals surface area (Å²) in [4.78, 5) is 15.9. The number of nitrogens with zero attached hydrogens (tertiary/aromatic N) is 4. The SMILES string of the molecule is CC(Cn1ncc2ccccc21)C(=O)Nc1ccc(-c2noc(C(F)(F)F)n2)cc1. The van der Waals surface area contributed by atoms with E-state index in [9.17, 15) is 18.0 Å². The number of anilines is 1. The maximum absolute atomic E-state index is 12.6. The lowest BCUT2D eigenvalue weighted by Crippen LogP contribution is -2.24. The number of hydrogen-bond donors (Lipinski definition) is 1. The first-order valence-electron chi connectivity index (χ1n) is 9.04. The summed E-state index contributed by atoms with van der Waals surface area (Å²) in [6, 6.07) is 13.9. The van der Waals surface area contributed by atoms with E-state index in [2.05, 4.69) is 25.1 Å². The maximum Gasteiger partial charge on any atom is 0.471 e. The number of carbonyl (C=O) groups excluding carboxylic acids is 1. The molecular formula is C20H16F3N5O2. The van der Waals surface area contributed by atoms with Crippen molar-refractivity contribution >= 4 is 22.5 Å². The molecule has 0 saturated carbocycles. The number of nitrogens with one attached hydrogen (secondary N) is 1. The molecule has 1 N–H and O–H groups in total. The van der Waals surface area contributed by atoms with E-state index in [4.69, 9.17) is 0 Å². The van der Waals surface area contributed by atoms with Crippen molar-refractivity contribution in [2.45, 2.75) is 19.6 Å². The number of amides is 1. The first-order valence-corrected chi connectivity index (χ1v) is 9.04. The molecule has 0 radical (unpaired) electrons. The summed E-state index contributed by atoms with van der Waals surface area (Å²) in [5.41, 5.74) is 1.78. The van der Waals surface area contributed by atoms with Gasteiger partial charge in [-0.2, -0.15) is 23.3 Å². The van der Waals surface area contributed by atoms with Crippen LogP contribution in [0.4, 0.5) is 18.9 Å². The lowest BCUT2D eigenvalue weighted by molar-refractivity contribution is -0.159. The summed E-state index contributed by atoms with van der Waals surface area (Å²) in [6.07, 6.45) is -2.95. The Hall–Kier alpha value is -3.69. The zero-order valence-corrected chi connectivity index (χ0v) is 15.7. The summed E-state index contributed by atoms with van der Waals surface area (Å²) >= 11 is 0. The van der Waals surface area contributed by atoms with Gasteiger partial charge in [0.2, 0.25) is 11.7 Å². The molecule has 4 aromatic rings. The molecule has 0 aliphatic heterocycles. The van der Waals surface area contributed by atoms with Gasteiger partial charge in [0.05, 0.1) is 24.2 Å². The van der Waals surface area contributed by atoms with Crippen LogP contribution in [-0.2, 0) is 17.5 Å². The summed E-state index contributed by atoms with van der Waals surface area (Å²) < 4.78 is 43.7. The van der Waals surface area contributed by atoms with E-state index in [1.54, 1.807) is 29.9 Å². The third kappa shape index (κ3) is 4.02. The van der Waals surface area contributed by atoms with Gasteiger partial charge in [0.15, 0.2) is 0 Å². The molecule has 1 unspecified atom stereocenters. The van der Waals surface area contributed by atoms with Gasteiger partial charge in [-0.25, -0.2) is 0 Å². The zero-order chi connectivity index (χ0) is 21.3. The third-order valence-electron chi connectivity index (χ3n) is 4.52. The van der Waals surface area contributed by atoms with E-state index in [0.29, 0.717) is 17.8 Å². The minimum Gasteiger partial charge on any atom is -0.329 e. The highest BCUT2D eigenvalue weighted by atomic mass is 19.4. The fourth-order valence-corrected chi connectivity index (χ4v) is 2.94. The molecule has 7 nitrogen and oxygen atoms in total. The fraction of sp³-hybridized carbons (Fsp3) is 0.200. The van der Waals surface area contributed by atoms with E-state index < -0.39 is 12.1 Å². The quantitative estimate of drug-likeness (QED) is 0.523. The van der Waals surface area contributed by atoms with Crippen molar-refractivity contribution in [2.24, 2.45) is 5.92 Å². The first kappa shape index (κ1) is 19.6. The summed E-state index contributed by atoms with van der Waals surface area (Å²) in [5.74, 6) is -2.16. The molecular weight excluding hydrogens is 399 g/mol. The van der Waals surface area contributed by atoms with Gasteiger partial charge >= 0.3 is 12.1 Å². The first-order chi connectivity index (χ1) is 14.3. The van der Waals surface area contributed by atoms with E-state index in [-0.39, 0.29) is 17.6 Å². The molecule has 2 heterocycles. The third-order valence-corrected chi connectivity index (χ3v) is 4.52. The summed E-state index contributed by atoms with van der Waals surface area (Å²) in [7, 11) is 0. The van der Waals surface area contributed by atoms with Crippen LogP contribution in [0.2, 0.25) is 0 Å². The number of fused-ring (bicyclic) bond motifs is 1. The van der Waals surface area contributed by atoms with Crippen LogP contribution in [-0.4, -0.2) is 25.8 Å². The Bertz CT molecular complexity index is 1180. The smallest absolute Gasteiger partial charge is 0.329 e. The highest BCUT2D eigenvalue weighted by Gasteiger charge is 2.38. The summed E-state index contributed by atoms with van der Waals surface area (Å²) in [6.45, 7) is 2.19. The molecule has 1 amide bonds. The van der Waals surface area contributed by atoms with Crippen molar-refractivity contribution in [2.75, 3.05) is 5.32 Å². The molecule has 0 bridgehead atoms. The van der Waals surface area contributed by atoms with Crippen LogP contribution in [0.25, 0.3) is 22.3 Å². The fourth-order valence-electron chi connectivity index (χ4n) is 2.94. The minimum absolute atomic E-state index is 0.181. The molecule has 30 heavy (non-hydrogen) atoms. The highest BCUT2D eigenvalue weighted by Crippen LogP contribution is 2.29. The molecule has 4 rings (SSSR count). The van der Waals surface area contributed by atoms with Gasteiger partial charge in [0, 0.05) is 16.6 Å². The van der Waals surface area contributed by atoms with Crippen LogP contribution < -0.4 is 5.32 Å². The Morgan fingerprint density at radius 1 is 1.17 bits per heavy atom. The maximum atomic E-state index is 12.6. The van der Waals surface area contributed by atoms with Crippen molar-refractivity contribution in [3.05, 3.63) is 60.6 Å². The Morgan fingerprint density at radius 3 is 2.60 bits per heavy atom. The molecule has 10 heteroatoms. The van der Waals surface area contributed by atoms with Crippen LogP contribution >= 0.6 is 0 Å². The van der Waals surface area contributed by atoms with Crippen molar-refractivity contribution < 1.29 is 22.5 Å². The average molecular weight is 415 g/mol. The lowest BCUT2D eigenvalue weighted by atomic mass is 10.1. The van der Waals surface area contributed by atoms with Gasteiger partial charge in [-0.1, -0.05) is 30.3 Å². The van der Waals surface area contributed by atoms with Crippen LogP contribution in [0.15, 0.2) is 59.3 Å². The molecule has 154 valence electrons. The Morgan fingerprint density at radius 2 is 1.90 bits per heavy atom. The monoisotopic (exact) mass is 415 g/mol. The van der Waals surface area contributed by atoms with Crippen molar-refractivity contribution in [1.82, 2.24) is 19.9 Å². The van der Waals surface area contributed by atoms with Crippen LogP contribution in [0.3, 0.4) is 0 Å². The van der Waals surface area contributed by atoms with Crippen LogP contribution in [0, 0.1) is 5.92 Å². The van der Waals surface area contributed by atoms with Gasteiger partial charge in [0.25, 0.3) is 0 Å². The molecule has 1 atom stereocenters. The van der Waals surface area contributed by atoms with Gasteiger partial charge in [-0.3, -0.25) is 9.48 Å². The second-order valence-corrected chi connectivity index (χ2v) is 6.77. The normalized spacial score (nSPS) is 12.8. The number of hydrogen-bond acceptors (Lipinski definition) is 5. The van der Waals surface area contributed by atoms with Crippen molar-refractivity contribution in [3.8, 4) is 11.4 Å². The molecule has 2 aromatic heterocycles. The number of carbonyl (C=O) groups is 1. The van der Waals surface area contributed by atoms with E-state index in [1.807, 2.05) is 24.3 Å². The highest BCUT2D eigenvalue weighted by molar-refractivity contribution is 5.92. The molecule has 0 fully saturated rings. The number of benzene rings is 2. The topological polar surface area (TPSA) is 85.8 Å². The second-order valence-electron chi connectivity index (χ2n) is 6.77.